The molecule has 0 spiro atoms. The van der Waals surface area contributed by atoms with Gasteiger partial charge in [0, 0.05) is 6.42 Å². The Bertz CT molecular complexity index is 663. The molecule has 18 heavy (non-hydrogen) atoms. The van der Waals surface area contributed by atoms with Crippen molar-refractivity contribution in [1.82, 2.24) is 9.97 Å². The lowest BCUT2D eigenvalue weighted by molar-refractivity contribution is 0.993. The Morgan fingerprint density at radius 3 is 2.72 bits per heavy atom. The number of nitrogen functional groups attached to an aromatic ring is 1. The van der Waals surface area contributed by atoms with Crippen LogP contribution in [0.5, 0.6) is 0 Å². The summed E-state index contributed by atoms with van der Waals surface area (Å²) in [5, 5.41) is 2.96. The third-order valence-electron chi connectivity index (χ3n) is 2.71. The van der Waals surface area contributed by atoms with Crippen molar-refractivity contribution in [2.24, 2.45) is 5.84 Å². The number of thiophene rings is 1. The first-order valence-electron chi connectivity index (χ1n) is 5.61. The van der Waals surface area contributed by atoms with Gasteiger partial charge in [-0.25, -0.2) is 15.8 Å². The van der Waals surface area contributed by atoms with Gasteiger partial charge in [0.25, 0.3) is 0 Å². The zero-order valence-corrected chi connectivity index (χ0v) is 10.4. The SMILES string of the molecule is NNc1nc(Cc2ccccc2)nc2sccc12. The Balaban J connectivity index is 2.02. The molecule has 0 aliphatic carbocycles. The monoisotopic (exact) mass is 256 g/mol. The molecule has 0 saturated carbocycles. The number of hydrogen-bond donors (Lipinski definition) is 2. The second-order valence-electron chi connectivity index (χ2n) is 3.93. The molecule has 4 nitrogen and oxygen atoms in total. The zero-order valence-electron chi connectivity index (χ0n) is 9.63. The number of fused-ring (bicyclic) bond motifs is 1. The number of hydrazine groups is 1. The number of benzene rings is 1. The van der Waals surface area contributed by atoms with E-state index < -0.39 is 0 Å². The summed E-state index contributed by atoms with van der Waals surface area (Å²) < 4.78 is 0. The summed E-state index contributed by atoms with van der Waals surface area (Å²) in [6.45, 7) is 0. The summed E-state index contributed by atoms with van der Waals surface area (Å²) >= 11 is 1.59. The smallest absolute Gasteiger partial charge is 0.152 e. The van der Waals surface area contributed by atoms with Crippen LogP contribution in [0.25, 0.3) is 10.2 Å². The van der Waals surface area contributed by atoms with Crippen LogP contribution in [-0.4, -0.2) is 9.97 Å². The summed E-state index contributed by atoms with van der Waals surface area (Å²) in [5.41, 5.74) is 3.83. The number of hydrogen-bond acceptors (Lipinski definition) is 5. The fourth-order valence-electron chi connectivity index (χ4n) is 1.87. The lowest BCUT2D eigenvalue weighted by atomic mass is 10.1. The number of nitrogens with two attached hydrogens (primary N) is 1. The molecule has 0 bridgehead atoms. The first-order chi connectivity index (χ1) is 8.86. The van der Waals surface area contributed by atoms with Crippen LogP contribution in [0, 0.1) is 0 Å². The standard InChI is InChI=1S/C13H12N4S/c14-17-12-10-6-7-18-13(10)16-11(15-12)8-9-4-2-1-3-5-9/h1-7H,8,14H2,(H,15,16,17). The molecular weight excluding hydrogens is 244 g/mol. The van der Waals surface area contributed by atoms with Gasteiger partial charge in [-0.2, -0.15) is 0 Å². The van der Waals surface area contributed by atoms with Gasteiger partial charge in [0.05, 0.1) is 5.39 Å². The van der Waals surface area contributed by atoms with E-state index in [9.17, 15) is 0 Å². The molecule has 0 amide bonds. The van der Waals surface area contributed by atoms with Gasteiger partial charge in [-0.15, -0.1) is 11.3 Å². The third kappa shape index (κ3) is 2.05. The minimum absolute atomic E-state index is 0.687. The molecule has 1 aromatic carbocycles. The summed E-state index contributed by atoms with van der Waals surface area (Å²) in [6, 6.07) is 12.1. The molecule has 2 heterocycles. The minimum Gasteiger partial charge on any atom is -0.308 e. The van der Waals surface area contributed by atoms with Gasteiger partial charge in [-0.3, -0.25) is 0 Å². The van der Waals surface area contributed by atoms with Crippen LogP contribution in [-0.2, 0) is 6.42 Å². The number of nitrogens with zero attached hydrogens (tertiary/aromatic N) is 2. The van der Waals surface area contributed by atoms with E-state index in [1.165, 1.54) is 5.56 Å². The number of rotatable bonds is 3. The summed E-state index contributed by atoms with van der Waals surface area (Å²) in [6.07, 6.45) is 0.712. The van der Waals surface area contributed by atoms with Crippen LogP contribution in [0.15, 0.2) is 41.8 Å². The maximum Gasteiger partial charge on any atom is 0.152 e. The van der Waals surface area contributed by atoms with Crippen molar-refractivity contribution in [1.29, 1.82) is 0 Å². The highest BCUT2D eigenvalue weighted by atomic mass is 32.1. The molecule has 3 rings (SSSR count). The molecule has 0 aliphatic rings. The van der Waals surface area contributed by atoms with Gasteiger partial charge in [-0.1, -0.05) is 30.3 Å². The van der Waals surface area contributed by atoms with E-state index in [0.29, 0.717) is 12.2 Å². The fraction of sp³-hybridized carbons (Fsp3) is 0.0769. The van der Waals surface area contributed by atoms with Crippen molar-refractivity contribution in [2.75, 3.05) is 5.43 Å². The van der Waals surface area contributed by atoms with Crippen LogP contribution < -0.4 is 11.3 Å². The average Bonchev–Trinajstić information content (AvgIpc) is 2.87. The first-order valence-corrected chi connectivity index (χ1v) is 6.49. The largest absolute Gasteiger partial charge is 0.308 e. The molecule has 0 aliphatic heterocycles. The Morgan fingerprint density at radius 1 is 1.11 bits per heavy atom. The molecule has 0 unspecified atom stereocenters. The van der Waals surface area contributed by atoms with Crippen LogP contribution >= 0.6 is 11.3 Å². The van der Waals surface area contributed by atoms with Crippen molar-refractivity contribution in [3.8, 4) is 0 Å². The van der Waals surface area contributed by atoms with Crippen molar-refractivity contribution < 1.29 is 0 Å². The molecule has 0 radical (unpaired) electrons. The molecule has 5 heteroatoms. The van der Waals surface area contributed by atoms with Gasteiger partial charge in [0.15, 0.2) is 5.82 Å². The first kappa shape index (κ1) is 11.1. The maximum absolute atomic E-state index is 5.50. The highest BCUT2D eigenvalue weighted by Crippen LogP contribution is 2.24. The Kier molecular flexibility index (Phi) is 2.92. The van der Waals surface area contributed by atoms with E-state index in [1.54, 1.807) is 11.3 Å². The van der Waals surface area contributed by atoms with Gasteiger partial charge < -0.3 is 5.43 Å². The highest BCUT2D eigenvalue weighted by Gasteiger charge is 2.08. The topological polar surface area (TPSA) is 63.8 Å². The molecular formula is C13H12N4S. The quantitative estimate of drug-likeness (QED) is 0.558. The fourth-order valence-corrected chi connectivity index (χ4v) is 2.65. The minimum atomic E-state index is 0.687. The normalized spacial score (nSPS) is 10.7. The molecule has 90 valence electrons. The third-order valence-corrected chi connectivity index (χ3v) is 3.52. The lowest BCUT2D eigenvalue weighted by Crippen LogP contribution is -2.10. The van der Waals surface area contributed by atoms with Gasteiger partial charge in [0.1, 0.15) is 10.7 Å². The molecule has 2 aromatic heterocycles. The molecule has 0 saturated heterocycles. The van der Waals surface area contributed by atoms with E-state index in [0.717, 1.165) is 16.0 Å². The Labute approximate surface area is 108 Å². The molecule has 3 aromatic rings. The number of anilines is 1. The molecule has 3 N–H and O–H groups in total. The number of aromatic nitrogens is 2. The van der Waals surface area contributed by atoms with Crippen LogP contribution in [0.4, 0.5) is 5.82 Å². The number of nitrogens with one attached hydrogen (secondary N) is 1. The van der Waals surface area contributed by atoms with Gasteiger partial charge in [-0.05, 0) is 17.0 Å². The van der Waals surface area contributed by atoms with Crippen LogP contribution in [0.1, 0.15) is 11.4 Å². The predicted octanol–water partition coefficient (Wildman–Crippen LogP) is 2.57. The van der Waals surface area contributed by atoms with Crippen molar-refractivity contribution in [3.05, 3.63) is 53.2 Å². The van der Waals surface area contributed by atoms with Crippen LogP contribution in [0.3, 0.4) is 0 Å². The Morgan fingerprint density at radius 2 is 1.94 bits per heavy atom. The maximum atomic E-state index is 5.50. The van der Waals surface area contributed by atoms with Gasteiger partial charge in [0.2, 0.25) is 0 Å². The second kappa shape index (κ2) is 4.72. The van der Waals surface area contributed by atoms with E-state index in [1.807, 2.05) is 29.6 Å². The second-order valence-corrected chi connectivity index (χ2v) is 4.83. The van der Waals surface area contributed by atoms with Crippen molar-refractivity contribution >= 4 is 27.4 Å². The molecule has 0 fully saturated rings. The summed E-state index contributed by atoms with van der Waals surface area (Å²) in [7, 11) is 0. The van der Waals surface area contributed by atoms with Crippen LogP contribution in [0.2, 0.25) is 0 Å². The lowest BCUT2D eigenvalue weighted by Gasteiger charge is -2.05. The van der Waals surface area contributed by atoms with Crippen molar-refractivity contribution in [3.63, 3.8) is 0 Å². The highest BCUT2D eigenvalue weighted by molar-refractivity contribution is 7.16. The van der Waals surface area contributed by atoms with Gasteiger partial charge >= 0.3 is 0 Å². The van der Waals surface area contributed by atoms with E-state index in [4.69, 9.17) is 5.84 Å². The summed E-state index contributed by atoms with van der Waals surface area (Å²) in [5.74, 6) is 6.97. The van der Waals surface area contributed by atoms with E-state index >= 15 is 0 Å². The molecule has 0 atom stereocenters. The average molecular weight is 256 g/mol. The van der Waals surface area contributed by atoms with Crippen molar-refractivity contribution in [2.45, 2.75) is 6.42 Å². The Hall–Kier alpha value is -1.98. The summed E-state index contributed by atoms with van der Waals surface area (Å²) in [4.78, 5) is 9.96. The predicted molar refractivity (Wildman–Crippen MR) is 74.5 cm³/mol. The van der Waals surface area contributed by atoms with E-state index in [2.05, 4.69) is 27.5 Å². The van der Waals surface area contributed by atoms with E-state index in [-0.39, 0.29) is 0 Å². The zero-order chi connectivity index (χ0) is 12.4.